The highest BCUT2D eigenvalue weighted by Gasteiger charge is 2.40. The van der Waals surface area contributed by atoms with Crippen LogP contribution in [0.2, 0.25) is 5.02 Å². The van der Waals surface area contributed by atoms with Crippen LogP contribution in [0.5, 0.6) is 5.75 Å². The fourth-order valence-electron chi connectivity index (χ4n) is 3.84. The Bertz CT molecular complexity index is 794. The van der Waals surface area contributed by atoms with Gasteiger partial charge >= 0.3 is 6.36 Å². The number of hydrogen-bond acceptors (Lipinski definition) is 6. The van der Waals surface area contributed by atoms with Crippen LogP contribution in [-0.4, -0.2) is 81.5 Å². The number of carbonyl (C=O) groups is 1. The molecule has 2 atom stereocenters. The van der Waals surface area contributed by atoms with Gasteiger partial charge in [0.1, 0.15) is 11.6 Å². The van der Waals surface area contributed by atoms with E-state index in [4.69, 9.17) is 25.8 Å². The largest absolute Gasteiger partial charge is 0.522 e. The number of carbonyl (C=O) groups excluding carboxylic acids is 1. The van der Waals surface area contributed by atoms with E-state index >= 15 is 0 Å². The van der Waals surface area contributed by atoms with Crippen molar-refractivity contribution in [2.75, 3.05) is 40.0 Å². The summed E-state index contributed by atoms with van der Waals surface area (Å²) in [4.78, 5) is 14.4. The molecule has 0 aromatic heterocycles. The molecular formula is C21H27ClF4N2O5. The summed E-state index contributed by atoms with van der Waals surface area (Å²) in [6.45, 7) is 1.99. The second-order valence-electron chi connectivity index (χ2n) is 8.05. The fraction of sp³-hybridized carbons (Fsp3) is 0.667. The number of halogens is 5. The van der Waals surface area contributed by atoms with Crippen LogP contribution in [0.25, 0.3) is 0 Å². The van der Waals surface area contributed by atoms with Crippen LogP contribution >= 0.6 is 11.6 Å². The topological polar surface area (TPSA) is 69.3 Å². The van der Waals surface area contributed by atoms with Crippen LogP contribution in [0.1, 0.15) is 19.3 Å². The number of amides is 1. The van der Waals surface area contributed by atoms with E-state index in [1.165, 1.54) is 12.1 Å². The second-order valence-corrected chi connectivity index (χ2v) is 8.46. The van der Waals surface area contributed by atoms with Crippen molar-refractivity contribution in [3.8, 4) is 5.75 Å². The third-order valence-electron chi connectivity index (χ3n) is 5.67. The van der Waals surface area contributed by atoms with Crippen molar-refractivity contribution in [2.24, 2.45) is 0 Å². The molecule has 186 valence electrons. The maximum atomic E-state index is 13.5. The van der Waals surface area contributed by atoms with Crippen molar-refractivity contribution >= 4 is 17.5 Å². The maximum Gasteiger partial charge on any atom is 0.522 e. The quantitative estimate of drug-likeness (QED) is 0.500. The number of alkyl halides is 3. The van der Waals surface area contributed by atoms with Gasteiger partial charge in [-0.1, -0.05) is 11.6 Å². The van der Waals surface area contributed by atoms with Crippen molar-refractivity contribution in [1.82, 2.24) is 10.2 Å². The molecule has 1 heterocycles. The van der Waals surface area contributed by atoms with Gasteiger partial charge in [-0.25, -0.2) is 4.39 Å². The first kappa shape index (κ1) is 26.0. The van der Waals surface area contributed by atoms with E-state index in [-0.39, 0.29) is 54.4 Å². The molecule has 33 heavy (non-hydrogen) atoms. The Hall–Kier alpha value is -1.66. The van der Waals surface area contributed by atoms with Gasteiger partial charge < -0.3 is 19.5 Å². The summed E-state index contributed by atoms with van der Waals surface area (Å²) >= 11 is 5.62. The van der Waals surface area contributed by atoms with Crippen LogP contribution < -0.4 is 10.1 Å². The highest BCUT2D eigenvalue weighted by molar-refractivity contribution is 6.30. The summed E-state index contributed by atoms with van der Waals surface area (Å²) in [5.41, 5.74) is 0. The Kier molecular flexibility index (Phi) is 9.17. The predicted molar refractivity (Wildman–Crippen MR) is 111 cm³/mol. The zero-order chi connectivity index (χ0) is 24.0. The van der Waals surface area contributed by atoms with E-state index in [2.05, 4.69) is 15.0 Å². The summed E-state index contributed by atoms with van der Waals surface area (Å²) in [7, 11) is 1.56. The van der Waals surface area contributed by atoms with Gasteiger partial charge in [-0.2, -0.15) is 0 Å². The molecule has 0 unspecified atom stereocenters. The summed E-state index contributed by atoms with van der Waals surface area (Å²) < 4.78 is 70.3. The van der Waals surface area contributed by atoms with Gasteiger partial charge in [0, 0.05) is 45.7 Å². The number of nitrogens with zero attached hydrogens (tertiary/aromatic N) is 1. The third kappa shape index (κ3) is 8.25. The molecule has 1 amide bonds. The first-order valence-electron chi connectivity index (χ1n) is 10.6. The van der Waals surface area contributed by atoms with Crippen LogP contribution in [0, 0.1) is 5.82 Å². The van der Waals surface area contributed by atoms with Crippen LogP contribution in [0.4, 0.5) is 17.6 Å². The first-order chi connectivity index (χ1) is 15.6. The molecule has 1 N–H and O–H groups in total. The Morgan fingerprint density at radius 1 is 1.27 bits per heavy atom. The zero-order valence-corrected chi connectivity index (χ0v) is 18.8. The lowest BCUT2D eigenvalue weighted by atomic mass is 9.92. The summed E-state index contributed by atoms with van der Waals surface area (Å²) in [5, 5.41) is 2.85. The van der Waals surface area contributed by atoms with Crippen LogP contribution in [0.15, 0.2) is 18.2 Å². The molecule has 1 aliphatic carbocycles. The monoisotopic (exact) mass is 498 g/mol. The lowest BCUT2D eigenvalue weighted by Crippen LogP contribution is -2.56. The first-order valence-corrected chi connectivity index (χ1v) is 11.0. The van der Waals surface area contributed by atoms with Gasteiger partial charge in [-0.3, -0.25) is 14.4 Å². The van der Waals surface area contributed by atoms with Crippen molar-refractivity contribution in [3.63, 3.8) is 0 Å². The number of ether oxygens (including phenoxy) is 4. The number of nitrogens with one attached hydrogen (secondary N) is 1. The van der Waals surface area contributed by atoms with Gasteiger partial charge in [-0.05, 0) is 18.6 Å². The van der Waals surface area contributed by atoms with Gasteiger partial charge in [0.05, 0.1) is 36.0 Å². The molecule has 3 rings (SSSR count). The van der Waals surface area contributed by atoms with E-state index in [0.717, 1.165) is 6.07 Å². The smallest absolute Gasteiger partial charge is 0.484 e. The van der Waals surface area contributed by atoms with Crippen LogP contribution in [-0.2, 0) is 19.0 Å². The summed E-state index contributed by atoms with van der Waals surface area (Å²) in [5.74, 6) is -0.778. The van der Waals surface area contributed by atoms with Crippen LogP contribution in [0.3, 0.4) is 0 Å². The van der Waals surface area contributed by atoms with Crippen molar-refractivity contribution in [1.29, 1.82) is 0 Å². The zero-order valence-electron chi connectivity index (χ0n) is 18.1. The van der Waals surface area contributed by atoms with Gasteiger partial charge in [-0.15, -0.1) is 13.2 Å². The molecule has 0 spiro atoms. The van der Waals surface area contributed by atoms with E-state index in [0.29, 0.717) is 32.7 Å². The molecule has 2 fully saturated rings. The molecule has 0 bridgehead atoms. The SMILES string of the molecule is CO[C@@H]1CN(CCOC2CC(OC(F)(F)F)C2)CC[C@@H]1NC(=O)COc1ccc(Cl)c(F)c1. The highest BCUT2D eigenvalue weighted by atomic mass is 35.5. The molecule has 1 aliphatic heterocycles. The molecular weight excluding hydrogens is 472 g/mol. The number of rotatable bonds is 10. The van der Waals surface area contributed by atoms with Crippen molar-refractivity contribution in [2.45, 2.75) is 50.0 Å². The van der Waals surface area contributed by atoms with E-state index in [1.54, 1.807) is 7.11 Å². The van der Waals surface area contributed by atoms with Crippen molar-refractivity contribution in [3.05, 3.63) is 29.0 Å². The average Bonchev–Trinajstić information content (AvgIpc) is 2.72. The number of hydrogen-bond donors (Lipinski definition) is 1. The molecule has 1 aromatic carbocycles. The molecule has 1 saturated carbocycles. The Morgan fingerprint density at radius 2 is 2.03 bits per heavy atom. The van der Waals surface area contributed by atoms with Gasteiger partial charge in [0.2, 0.25) is 0 Å². The average molecular weight is 499 g/mol. The minimum Gasteiger partial charge on any atom is -0.484 e. The normalized spacial score (nSPS) is 26.0. The molecule has 0 radical (unpaired) electrons. The third-order valence-corrected chi connectivity index (χ3v) is 5.97. The van der Waals surface area contributed by atoms with E-state index in [9.17, 15) is 22.4 Å². The lowest BCUT2D eigenvalue weighted by molar-refractivity contribution is -0.357. The predicted octanol–water partition coefficient (Wildman–Crippen LogP) is 3.15. The minimum absolute atomic E-state index is 0.0285. The Balaban J connectivity index is 1.32. The number of likely N-dealkylation sites (tertiary alicyclic amines) is 1. The Morgan fingerprint density at radius 3 is 2.70 bits per heavy atom. The summed E-state index contributed by atoms with van der Waals surface area (Å²) in [6.07, 6.45) is -4.78. The van der Waals surface area contributed by atoms with Crippen molar-refractivity contribution < 1.29 is 41.3 Å². The second kappa shape index (κ2) is 11.7. The van der Waals surface area contributed by atoms with Gasteiger partial charge in [0.25, 0.3) is 5.91 Å². The van der Waals surface area contributed by atoms with E-state index in [1.807, 2.05) is 0 Å². The van der Waals surface area contributed by atoms with E-state index < -0.39 is 18.3 Å². The highest BCUT2D eigenvalue weighted by Crippen LogP contribution is 2.32. The fourth-order valence-corrected chi connectivity index (χ4v) is 3.96. The Labute approximate surface area is 194 Å². The van der Waals surface area contributed by atoms with Gasteiger partial charge in [0.15, 0.2) is 6.61 Å². The standard InChI is InChI=1S/C21H27ClF4N2O5/c1-30-19-11-28(6-7-31-14-8-15(9-14)33-21(24,25)26)5-4-18(19)27-20(29)12-32-13-2-3-16(22)17(23)10-13/h2-3,10,14-15,18-19H,4-9,11-12H2,1H3,(H,27,29)/t14?,15?,18-,19+/m0/s1. The number of benzene rings is 1. The molecule has 12 heteroatoms. The minimum atomic E-state index is -4.61. The molecule has 1 aromatic rings. The number of piperidine rings is 1. The molecule has 2 aliphatic rings. The molecule has 7 nitrogen and oxygen atoms in total. The number of methoxy groups -OCH3 is 1. The summed E-state index contributed by atoms with van der Waals surface area (Å²) in [6, 6.07) is 3.73. The maximum absolute atomic E-state index is 13.5. The molecule has 1 saturated heterocycles. The lowest BCUT2D eigenvalue weighted by Gasteiger charge is -2.39.